The number of aromatic nitrogens is 1. The van der Waals surface area contributed by atoms with Gasteiger partial charge in [-0.3, -0.25) is 9.59 Å². The number of H-pyrrole nitrogens is 1. The van der Waals surface area contributed by atoms with Gasteiger partial charge in [-0.1, -0.05) is 24.3 Å². The molecule has 2 aliphatic heterocycles. The number of fused-ring (bicyclic) bond motifs is 4. The van der Waals surface area contributed by atoms with E-state index in [4.69, 9.17) is 16.3 Å². The van der Waals surface area contributed by atoms with Crippen molar-refractivity contribution in [3.63, 3.8) is 0 Å². The van der Waals surface area contributed by atoms with Crippen LogP contribution in [0.3, 0.4) is 0 Å². The number of hydrogen-bond donors (Lipinski definition) is 2. The van der Waals surface area contributed by atoms with Gasteiger partial charge in [0.2, 0.25) is 5.91 Å². The van der Waals surface area contributed by atoms with E-state index < -0.39 is 6.09 Å². The van der Waals surface area contributed by atoms with Crippen LogP contribution in [0.4, 0.5) is 16.2 Å². The Hall–Kier alpha value is -4.08. The lowest BCUT2D eigenvalue weighted by Crippen LogP contribution is -2.48. The van der Waals surface area contributed by atoms with Gasteiger partial charge in [-0.05, 0) is 42.3 Å². The van der Waals surface area contributed by atoms with Crippen LogP contribution in [0.25, 0.3) is 21.7 Å². The molecule has 10 heteroatoms. The van der Waals surface area contributed by atoms with Crippen LogP contribution >= 0.6 is 11.6 Å². The van der Waals surface area contributed by atoms with Gasteiger partial charge in [-0.15, -0.1) is 11.6 Å². The van der Waals surface area contributed by atoms with Crippen LogP contribution in [-0.2, 0) is 4.79 Å². The number of benzene rings is 3. The number of nitrogens with zero attached hydrogens (tertiary/aromatic N) is 3. The number of carbonyl (C=O) groups excluding carboxylic acids is 3. The second-order valence-electron chi connectivity index (χ2n) is 10.4. The molecule has 0 bridgehead atoms. The number of aromatic amines is 1. The van der Waals surface area contributed by atoms with Gasteiger partial charge in [0.1, 0.15) is 11.4 Å². The molecule has 3 heterocycles. The number of alkyl halides is 1. The second-order valence-corrected chi connectivity index (χ2v) is 10.8. The van der Waals surface area contributed by atoms with Crippen LogP contribution in [0.2, 0.25) is 0 Å². The van der Waals surface area contributed by atoms with Gasteiger partial charge in [-0.2, -0.15) is 0 Å². The molecule has 3 aromatic carbocycles. The highest BCUT2D eigenvalue weighted by Crippen LogP contribution is 2.46. The Bertz CT molecular complexity index is 1640. The fourth-order valence-corrected chi connectivity index (χ4v) is 5.89. The maximum atomic E-state index is 13.9. The molecule has 1 fully saturated rings. The number of piperazine rings is 1. The van der Waals surface area contributed by atoms with E-state index in [1.54, 1.807) is 28.0 Å². The van der Waals surface area contributed by atoms with Gasteiger partial charge >= 0.3 is 6.09 Å². The van der Waals surface area contributed by atoms with Crippen molar-refractivity contribution in [2.24, 2.45) is 0 Å². The lowest BCUT2D eigenvalue weighted by Gasteiger charge is -2.31. The van der Waals surface area contributed by atoms with Crippen molar-refractivity contribution in [2.75, 3.05) is 55.9 Å². The molecule has 1 aromatic heterocycles. The Kier molecular flexibility index (Phi) is 6.85. The van der Waals surface area contributed by atoms with Crippen LogP contribution < -0.4 is 15.0 Å². The predicted molar refractivity (Wildman–Crippen MR) is 157 cm³/mol. The van der Waals surface area contributed by atoms with E-state index >= 15 is 0 Å². The Morgan fingerprint density at radius 2 is 1.77 bits per heavy atom. The Balaban J connectivity index is 1.37. The zero-order chi connectivity index (χ0) is 28.0. The highest BCUT2D eigenvalue weighted by Gasteiger charge is 2.36. The average molecular weight is 560 g/mol. The van der Waals surface area contributed by atoms with Gasteiger partial charge in [0.05, 0.1) is 5.69 Å². The summed E-state index contributed by atoms with van der Waals surface area (Å²) in [5.74, 6) is 0.307. The minimum absolute atomic E-state index is 0.0800. The molecule has 1 atom stereocenters. The van der Waals surface area contributed by atoms with Crippen molar-refractivity contribution >= 4 is 62.6 Å². The van der Waals surface area contributed by atoms with Crippen molar-refractivity contribution in [1.29, 1.82) is 0 Å². The van der Waals surface area contributed by atoms with Crippen LogP contribution in [-0.4, -0.2) is 78.3 Å². The van der Waals surface area contributed by atoms with Gasteiger partial charge in [0.25, 0.3) is 5.91 Å². The third kappa shape index (κ3) is 4.76. The standard InChI is InChI=1S/C30H30ClN5O4/c1-18(37)32-21-7-8-24-19(13-21)14-25(33-24)29(38)36-17-20(16-31)28-23-6-4-3-5-22(23)27(15-26(28)36)40-30(39)35-11-9-34(2)10-12-35/h3-8,13-15,20,33H,9-12,16-17H2,1-2H3,(H,32,37)/t20-/m1/s1. The molecule has 0 radical (unpaired) electrons. The lowest BCUT2D eigenvalue weighted by atomic mass is 9.95. The normalized spacial score (nSPS) is 17.3. The van der Waals surface area contributed by atoms with Crippen molar-refractivity contribution in [2.45, 2.75) is 12.8 Å². The van der Waals surface area contributed by atoms with E-state index in [1.807, 2.05) is 43.4 Å². The average Bonchev–Trinajstić information content (AvgIpc) is 3.54. The highest BCUT2D eigenvalue weighted by molar-refractivity contribution is 6.19. The van der Waals surface area contributed by atoms with E-state index in [9.17, 15) is 14.4 Å². The number of rotatable bonds is 4. The van der Waals surface area contributed by atoms with Crippen molar-refractivity contribution in [1.82, 2.24) is 14.8 Å². The van der Waals surface area contributed by atoms with Crippen molar-refractivity contribution in [3.8, 4) is 5.75 Å². The lowest BCUT2D eigenvalue weighted by molar-refractivity contribution is -0.114. The largest absolute Gasteiger partial charge is 0.415 e. The molecule has 206 valence electrons. The molecule has 9 nitrogen and oxygen atoms in total. The van der Waals surface area contributed by atoms with Gasteiger partial charge in [0, 0.05) is 79.5 Å². The molecular weight excluding hydrogens is 530 g/mol. The third-order valence-electron chi connectivity index (χ3n) is 7.69. The quantitative estimate of drug-likeness (QED) is 0.343. The zero-order valence-corrected chi connectivity index (χ0v) is 23.1. The molecule has 0 unspecified atom stereocenters. The molecule has 0 aliphatic carbocycles. The summed E-state index contributed by atoms with van der Waals surface area (Å²) in [6, 6.07) is 16.8. The first-order chi connectivity index (χ1) is 19.3. The fraction of sp³-hybridized carbons (Fsp3) is 0.300. The summed E-state index contributed by atoms with van der Waals surface area (Å²) in [4.78, 5) is 47.3. The molecule has 0 spiro atoms. The molecule has 4 aromatic rings. The summed E-state index contributed by atoms with van der Waals surface area (Å²) >= 11 is 6.44. The SMILES string of the molecule is CC(=O)Nc1ccc2[nH]c(C(=O)N3C[C@@H](CCl)c4c3cc(OC(=O)N3CCN(C)CC3)c3ccccc43)cc2c1. The van der Waals surface area contributed by atoms with E-state index in [0.29, 0.717) is 48.3 Å². The van der Waals surface area contributed by atoms with E-state index in [2.05, 4.69) is 15.2 Å². The molecule has 6 rings (SSSR count). The first-order valence-electron chi connectivity index (χ1n) is 13.3. The van der Waals surface area contributed by atoms with Crippen LogP contribution in [0.1, 0.15) is 28.9 Å². The fourth-order valence-electron chi connectivity index (χ4n) is 5.64. The summed E-state index contributed by atoms with van der Waals surface area (Å²) < 4.78 is 5.98. The molecule has 0 saturated carbocycles. The predicted octanol–water partition coefficient (Wildman–Crippen LogP) is 5.01. The zero-order valence-electron chi connectivity index (χ0n) is 22.4. The van der Waals surface area contributed by atoms with E-state index in [0.717, 1.165) is 40.3 Å². The third-order valence-corrected chi connectivity index (χ3v) is 8.06. The molecule has 2 aliphatic rings. The summed E-state index contributed by atoms with van der Waals surface area (Å²) in [7, 11) is 2.03. The first-order valence-corrected chi connectivity index (χ1v) is 13.8. The topological polar surface area (TPSA) is 98.0 Å². The monoisotopic (exact) mass is 559 g/mol. The van der Waals surface area contributed by atoms with Crippen molar-refractivity contribution < 1.29 is 19.1 Å². The first kappa shape index (κ1) is 26.2. The number of carbonyl (C=O) groups is 3. The van der Waals surface area contributed by atoms with Gasteiger partial charge in [-0.25, -0.2) is 4.79 Å². The molecular formula is C30H30ClN5O4. The van der Waals surface area contributed by atoms with E-state index in [-0.39, 0.29) is 17.7 Å². The number of nitrogens with one attached hydrogen (secondary N) is 2. The minimum Gasteiger partial charge on any atom is -0.409 e. The molecule has 1 saturated heterocycles. The maximum Gasteiger partial charge on any atom is 0.415 e. The molecule has 3 amide bonds. The smallest absolute Gasteiger partial charge is 0.409 e. The summed E-state index contributed by atoms with van der Waals surface area (Å²) in [6.45, 7) is 4.63. The number of amides is 3. The van der Waals surface area contributed by atoms with Crippen LogP contribution in [0.5, 0.6) is 5.75 Å². The molecule has 40 heavy (non-hydrogen) atoms. The minimum atomic E-state index is -0.395. The Labute approximate surface area is 236 Å². The van der Waals surface area contributed by atoms with Crippen LogP contribution in [0.15, 0.2) is 54.6 Å². The number of ether oxygens (including phenoxy) is 1. The van der Waals surface area contributed by atoms with Crippen LogP contribution in [0, 0.1) is 0 Å². The number of anilines is 2. The molecule has 2 N–H and O–H groups in total. The Morgan fingerprint density at radius 3 is 2.50 bits per heavy atom. The highest BCUT2D eigenvalue weighted by atomic mass is 35.5. The number of hydrogen-bond acceptors (Lipinski definition) is 5. The number of likely N-dealkylation sites (N-methyl/N-ethyl adjacent to an activating group) is 1. The summed E-state index contributed by atoms with van der Waals surface area (Å²) in [6.07, 6.45) is -0.395. The maximum absolute atomic E-state index is 13.9. The summed E-state index contributed by atoms with van der Waals surface area (Å²) in [5.41, 5.74) is 3.52. The Morgan fingerprint density at radius 1 is 1.02 bits per heavy atom. The second kappa shape index (κ2) is 10.5. The van der Waals surface area contributed by atoms with E-state index in [1.165, 1.54) is 6.92 Å². The van der Waals surface area contributed by atoms with Crippen molar-refractivity contribution in [3.05, 3.63) is 65.9 Å². The summed E-state index contributed by atoms with van der Waals surface area (Å²) in [5, 5.41) is 5.30. The number of halogens is 1. The van der Waals surface area contributed by atoms with Gasteiger partial charge < -0.3 is 29.7 Å². The van der Waals surface area contributed by atoms with Gasteiger partial charge in [0.15, 0.2) is 0 Å².